The molecule has 0 fully saturated rings. The molecule has 0 radical (unpaired) electrons. The van der Waals surface area contributed by atoms with E-state index in [1.807, 2.05) is 38.1 Å². The highest BCUT2D eigenvalue weighted by Gasteiger charge is 2.35. The van der Waals surface area contributed by atoms with Gasteiger partial charge in [0.05, 0.1) is 19.0 Å². The van der Waals surface area contributed by atoms with Gasteiger partial charge in [0.1, 0.15) is 21.1 Å². The van der Waals surface area contributed by atoms with Gasteiger partial charge >= 0.3 is 11.7 Å². The molecule has 11 nitrogen and oxygen atoms in total. The normalized spacial score (nSPS) is 11.4. The van der Waals surface area contributed by atoms with Crippen molar-refractivity contribution in [1.82, 2.24) is 18.9 Å². The van der Waals surface area contributed by atoms with Crippen molar-refractivity contribution in [3.8, 4) is 10.8 Å². The molecule has 0 atom stereocenters. The molecule has 0 saturated heterocycles. The minimum Gasteiger partial charge on any atom is -0.496 e. The van der Waals surface area contributed by atoms with Gasteiger partial charge in [-0.25, -0.2) is 18.8 Å². The number of carboxylic acids is 1. The van der Waals surface area contributed by atoms with Gasteiger partial charge in [-0.1, -0.05) is 48.6 Å². The Kier molecular flexibility index (Phi) is 9.23. The lowest BCUT2D eigenvalue weighted by Crippen LogP contribution is -2.52. The number of rotatable bonds is 9. The molecule has 0 saturated carbocycles. The molecule has 0 amide bonds. The second-order valence-corrected chi connectivity index (χ2v) is 10.8. The number of thiophene rings is 1. The third kappa shape index (κ3) is 6.00. The summed E-state index contributed by atoms with van der Waals surface area (Å²) in [5.41, 5.74) is -1.47. The number of methoxy groups -OCH3 is 1. The summed E-state index contributed by atoms with van der Waals surface area (Å²) in [6, 6.07) is 9.27. The molecule has 4 aromatic rings. The van der Waals surface area contributed by atoms with Crippen LogP contribution in [0.1, 0.15) is 38.8 Å². The zero-order chi connectivity index (χ0) is 28.9. The molecular formula is C27H33N5O6S. The van der Waals surface area contributed by atoms with Crippen molar-refractivity contribution < 1.29 is 14.6 Å². The molecule has 0 aliphatic heterocycles. The number of hydrogen-bond donors (Lipinski definition) is 1. The number of aryl methyl sites for hydroxylation is 3. The van der Waals surface area contributed by atoms with Crippen LogP contribution in [0.15, 0.2) is 57.5 Å². The largest absolute Gasteiger partial charge is 0.496 e. The molecule has 1 aromatic carbocycles. The number of fused-ring (bicyclic) bond motifs is 1. The number of hydrogen-bond acceptors (Lipinski definition) is 8. The molecule has 3 heterocycles. The van der Waals surface area contributed by atoms with Crippen LogP contribution in [0.25, 0.3) is 15.2 Å². The first-order valence-corrected chi connectivity index (χ1v) is 13.2. The van der Waals surface area contributed by atoms with E-state index in [2.05, 4.69) is 10.3 Å². The molecule has 0 aliphatic rings. The van der Waals surface area contributed by atoms with Gasteiger partial charge < -0.3 is 9.84 Å². The quantitative estimate of drug-likeness (QED) is 0.306. The van der Waals surface area contributed by atoms with Crippen LogP contribution in [0.3, 0.4) is 0 Å². The highest BCUT2D eigenvalue weighted by atomic mass is 32.1. The number of aliphatic carboxylic acids is 1. The molecule has 1 N–H and O–H groups in total. The lowest BCUT2D eigenvalue weighted by atomic mass is 10.1. The summed E-state index contributed by atoms with van der Waals surface area (Å²) in [6.07, 6.45) is 3.85. The summed E-state index contributed by atoms with van der Waals surface area (Å²) < 4.78 is 9.39. The molecule has 12 heteroatoms. The van der Waals surface area contributed by atoms with E-state index in [1.54, 1.807) is 37.2 Å². The number of carboxylic acid groups (broad SMARTS) is 1. The first kappa shape index (κ1) is 29.5. The summed E-state index contributed by atoms with van der Waals surface area (Å²) in [5.74, 6) is -0.152. The second-order valence-electron chi connectivity index (χ2n) is 9.87. The highest BCUT2D eigenvalue weighted by molar-refractivity contribution is 7.21. The number of aromatic nitrogens is 4. The molecule has 39 heavy (non-hydrogen) atoms. The Morgan fingerprint density at radius 3 is 2.44 bits per heavy atom. The summed E-state index contributed by atoms with van der Waals surface area (Å²) in [5, 5.41) is 17.7. The van der Waals surface area contributed by atoms with Crippen molar-refractivity contribution in [2.45, 2.75) is 53.1 Å². The maximum Gasteiger partial charge on any atom is 0.333 e. The van der Waals surface area contributed by atoms with Crippen molar-refractivity contribution in [3.63, 3.8) is 0 Å². The van der Waals surface area contributed by atoms with Crippen molar-refractivity contribution in [3.05, 3.63) is 79.6 Å². The van der Waals surface area contributed by atoms with Crippen LogP contribution in [0.2, 0.25) is 0 Å². The van der Waals surface area contributed by atoms with E-state index >= 15 is 0 Å². The monoisotopic (exact) mass is 555 g/mol. The smallest absolute Gasteiger partial charge is 0.333 e. The van der Waals surface area contributed by atoms with Crippen molar-refractivity contribution in [1.29, 1.82) is 0 Å². The number of nitroso groups, excluding NO2 is 1. The lowest BCUT2D eigenvalue weighted by Gasteiger charge is -2.23. The molecule has 4 rings (SSSR count). The fourth-order valence-corrected chi connectivity index (χ4v) is 5.28. The van der Waals surface area contributed by atoms with Crippen LogP contribution in [0.4, 0.5) is 0 Å². The minimum absolute atomic E-state index is 0.240. The zero-order valence-electron chi connectivity index (χ0n) is 22.9. The fourth-order valence-electron chi connectivity index (χ4n) is 4.02. The number of nitrogens with zero attached hydrogens (tertiary/aromatic N) is 5. The summed E-state index contributed by atoms with van der Waals surface area (Å²) in [7, 11) is 1.58. The average Bonchev–Trinajstić information content (AvgIpc) is 3.52. The second kappa shape index (κ2) is 12.2. The Morgan fingerprint density at radius 1 is 1.21 bits per heavy atom. The van der Waals surface area contributed by atoms with Crippen LogP contribution < -0.4 is 16.0 Å². The van der Waals surface area contributed by atoms with Gasteiger partial charge in [-0.3, -0.25) is 9.36 Å². The van der Waals surface area contributed by atoms with E-state index in [9.17, 15) is 24.4 Å². The van der Waals surface area contributed by atoms with E-state index in [-0.39, 0.29) is 6.54 Å². The maximum atomic E-state index is 13.6. The predicted octanol–water partition coefficient (Wildman–Crippen LogP) is 4.20. The highest BCUT2D eigenvalue weighted by Crippen LogP contribution is 2.31. The number of benzene rings is 1. The van der Waals surface area contributed by atoms with E-state index in [0.29, 0.717) is 45.4 Å². The van der Waals surface area contributed by atoms with Crippen LogP contribution in [-0.4, -0.2) is 43.6 Å². The average molecular weight is 556 g/mol. The van der Waals surface area contributed by atoms with Crippen LogP contribution in [-0.2, 0) is 23.3 Å². The molecule has 0 bridgehead atoms. The van der Waals surface area contributed by atoms with Crippen LogP contribution in [0, 0.1) is 17.7 Å². The first-order valence-electron chi connectivity index (χ1n) is 12.4. The Balaban J connectivity index is 0.000000631. The van der Waals surface area contributed by atoms with Gasteiger partial charge in [-0.15, -0.1) is 0 Å². The SMILES string of the molecule is CC(C)CN=O.COc1ccccc1CCn1c(=O)n(C(C)(C)C(=O)O)c(=O)c2c(C)c(-n3cccn3)sc21. The van der Waals surface area contributed by atoms with E-state index in [0.717, 1.165) is 10.1 Å². The standard InChI is InChI=1S/C23H24N4O5S.C4H9NO/c1-14-17-18(28)27(23(2,3)21(29)30)22(31)25(13-10-15-8-5-6-9-16(15)32-4)20(17)33-19(14)26-12-7-11-24-26;1-4(2)3-5-6/h5-9,11-12H,10,13H2,1-4H3,(H,29,30);4H,3H2,1-2H3. The van der Waals surface area contributed by atoms with Crippen molar-refractivity contribution >= 4 is 27.5 Å². The molecule has 208 valence electrons. The van der Waals surface area contributed by atoms with Crippen molar-refractivity contribution in [2.75, 3.05) is 13.7 Å². The number of para-hydroxylation sites is 1. The summed E-state index contributed by atoms with van der Waals surface area (Å²) >= 11 is 1.28. The predicted molar refractivity (Wildman–Crippen MR) is 151 cm³/mol. The number of carbonyl (C=O) groups is 1. The minimum atomic E-state index is -1.73. The number of ether oxygens (including phenoxy) is 1. The maximum absolute atomic E-state index is 13.6. The Hall–Kier alpha value is -4.06. The summed E-state index contributed by atoms with van der Waals surface area (Å²) in [6.45, 7) is 9.09. The molecule has 0 aliphatic carbocycles. The van der Waals surface area contributed by atoms with E-state index < -0.39 is 22.8 Å². The Labute approximate surface area is 229 Å². The molecule has 0 unspecified atom stereocenters. The van der Waals surface area contributed by atoms with E-state index in [4.69, 9.17) is 4.74 Å². The molecular weight excluding hydrogens is 522 g/mol. The fraction of sp³-hybridized carbons (Fsp3) is 0.407. The lowest BCUT2D eigenvalue weighted by molar-refractivity contribution is -0.146. The van der Waals surface area contributed by atoms with Gasteiger partial charge in [-0.2, -0.15) is 10.0 Å². The summed E-state index contributed by atoms with van der Waals surface area (Å²) in [4.78, 5) is 48.9. The first-order chi connectivity index (χ1) is 18.4. The Bertz CT molecular complexity index is 1580. The van der Waals surface area contributed by atoms with E-state index in [1.165, 1.54) is 29.8 Å². The molecule has 0 spiro atoms. The van der Waals surface area contributed by atoms with Crippen LogP contribution in [0.5, 0.6) is 5.75 Å². The zero-order valence-corrected chi connectivity index (χ0v) is 23.7. The van der Waals surface area contributed by atoms with Gasteiger partial charge in [0.15, 0.2) is 0 Å². The third-order valence-corrected chi connectivity index (χ3v) is 7.52. The van der Waals surface area contributed by atoms with Crippen LogP contribution >= 0.6 is 11.3 Å². The third-order valence-electron chi connectivity index (χ3n) is 6.22. The van der Waals surface area contributed by atoms with Gasteiger partial charge in [0, 0.05) is 24.5 Å². The van der Waals surface area contributed by atoms with Gasteiger partial charge in [0.25, 0.3) is 5.56 Å². The van der Waals surface area contributed by atoms with Crippen molar-refractivity contribution in [2.24, 2.45) is 11.1 Å². The van der Waals surface area contributed by atoms with Gasteiger partial charge in [-0.05, 0) is 50.8 Å². The van der Waals surface area contributed by atoms with Gasteiger partial charge in [0.2, 0.25) is 0 Å². The Morgan fingerprint density at radius 2 is 1.90 bits per heavy atom. The molecule has 3 aromatic heterocycles. The topological polar surface area (TPSA) is 138 Å².